The molecule has 1 heterocycles. The van der Waals surface area contributed by atoms with Gasteiger partial charge in [-0.2, -0.15) is 15.0 Å². The topological polar surface area (TPSA) is 53.9 Å². The second-order valence-electron chi connectivity index (χ2n) is 5.42. The molecule has 2 aromatic rings. The molecular weight excluding hydrogens is 262 g/mol. The fourth-order valence-corrected chi connectivity index (χ4v) is 2.07. The number of aromatic nitrogens is 3. The van der Waals surface area contributed by atoms with Gasteiger partial charge in [-0.1, -0.05) is 30.7 Å². The lowest BCUT2D eigenvalue weighted by atomic mass is 10.1. The maximum absolute atomic E-state index is 4.57. The summed E-state index contributed by atoms with van der Waals surface area (Å²) in [5.74, 6) is 2.01. The Labute approximate surface area is 126 Å². The number of anilines is 2. The molecule has 1 N–H and O–H groups in total. The van der Waals surface area contributed by atoms with E-state index in [1.807, 2.05) is 19.0 Å². The Morgan fingerprint density at radius 3 is 2.48 bits per heavy atom. The summed E-state index contributed by atoms with van der Waals surface area (Å²) in [5.41, 5.74) is 3.46. The van der Waals surface area contributed by atoms with E-state index in [1.54, 1.807) is 0 Å². The van der Waals surface area contributed by atoms with Crippen molar-refractivity contribution in [3.05, 3.63) is 29.3 Å². The fraction of sp³-hybridized carbons (Fsp3) is 0.438. The first kappa shape index (κ1) is 15.2. The second-order valence-corrected chi connectivity index (χ2v) is 5.42. The fourth-order valence-electron chi connectivity index (χ4n) is 2.07. The number of hydrogen-bond donors (Lipinski definition) is 1. The van der Waals surface area contributed by atoms with Crippen LogP contribution >= 0.6 is 0 Å². The minimum atomic E-state index is 0.630. The van der Waals surface area contributed by atoms with Gasteiger partial charge in [-0.15, -0.1) is 0 Å². The summed E-state index contributed by atoms with van der Waals surface area (Å²) >= 11 is 0. The van der Waals surface area contributed by atoms with Crippen molar-refractivity contribution in [1.82, 2.24) is 15.0 Å². The Morgan fingerprint density at radius 1 is 1.10 bits per heavy atom. The predicted molar refractivity (Wildman–Crippen MR) is 87.8 cm³/mol. The van der Waals surface area contributed by atoms with Crippen molar-refractivity contribution in [2.75, 3.05) is 30.9 Å². The zero-order valence-electron chi connectivity index (χ0n) is 13.4. The van der Waals surface area contributed by atoms with E-state index in [4.69, 9.17) is 0 Å². The third kappa shape index (κ3) is 3.68. The van der Waals surface area contributed by atoms with Crippen LogP contribution < -0.4 is 10.2 Å². The molecule has 0 atom stereocenters. The summed E-state index contributed by atoms with van der Waals surface area (Å²) in [5, 5.41) is 3.24. The van der Waals surface area contributed by atoms with Gasteiger partial charge in [0.25, 0.3) is 0 Å². The smallest absolute Gasteiger partial charge is 0.230 e. The molecule has 0 amide bonds. The summed E-state index contributed by atoms with van der Waals surface area (Å²) < 4.78 is 0. The molecule has 0 aliphatic rings. The highest BCUT2D eigenvalue weighted by atomic mass is 15.3. The lowest BCUT2D eigenvalue weighted by Gasteiger charge is -2.14. The van der Waals surface area contributed by atoms with Gasteiger partial charge in [-0.05, 0) is 25.8 Å². The summed E-state index contributed by atoms with van der Waals surface area (Å²) in [6.45, 7) is 7.14. The number of benzene rings is 1. The van der Waals surface area contributed by atoms with Gasteiger partial charge >= 0.3 is 0 Å². The van der Waals surface area contributed by atoms with Gasteiger partial charge in [-0.3, -0.25) is 0 Å². The van der Waals surface area contributed by atoms with Crippen LogP contribution in [0.4, 0.5) is 11.9 Å². The maximum atomic E-state index is 4.57. The third-order valence-electron chi connectivity index (χ3n) is 3.18. The van der Waals surface area contributed by atoms with Crippen LogP contribution in [-0.4, -0.2) is 35.6 Å². The molecule has 0 aliphatic carbocycles. The van der Waals surface area contributed by atoms with E-state index >= 15 is 0 Å². The van der Waals surface area contributed by atoms with E-state index in [2.05, 4.69) is 59.2 Å². The van der Waals surface area contributed by atoms with Gasteiger partial charge in [0, 0.05) is 26.2 Å². The van der Waals surface area contributed by atoms with Gasteiger partial charge in [0.1, 0.15) is 0 Å². The van der Waals surface area contributed by atoms with Crippen LogP contribution in [-0.2, 0) is 0 Å². The predicted octanol–water partition coefficient (Wildman–Crippen LogP) is 3.04. The molecule has 21 heavy (non-hydrogen) atoms. The van der Waals surface area contributed by atoms with Crippen molar-refractivity contribution in [3.8, 4) is 11.4 Å². The van der Waals surface area contributed by atoms with E-state index in [-0.39, 0.29) is 0 Å². The molecular formula is C16H23N5. The van der Waals surface area contributed by atoms with Gasteiger partial charge in [0.2, 0.25) is 11.9 Å². The van der Waals surface area contributed by atoms with Gasteiger partial charge in [0.15, 0.2) is 5.82 Å². The molecule has 0 radical (unpaired) electrons. The largest absolute Gasteiger partial charge is 0.354 e. The zero-order valence-corrected chi connectivity index (χ0v) is 13.4. The summed E-state index contributed by atoms with van der Waals surface area (Å²) in [4.78, 5) is 15.4. The highest BCUT2D eigenvalue weighted by Crippen LogP contribution is 2.23. The number of nitrogens with zero attached hydrogens (tertiary/aromatic N) is 4. The number of hydrogen-bond acceptors (Lipinski definition) is 5. The molecule has 0 bridgehead atoms. The SMILES string of the molecule is CCCNc1nc(-c2ccc(C)cc2C)nc(N(C)C)n1. The molecule has 112 valence electrons. The zero-order chi connectivity index (χ0) is 15.4. The van der Waals surface area contributed by atoms with Crippen molar-refractivity contribution in [1.29, 1.82) is 0 Å². The third-order valence-corrected chi connectivity index (χ3v) is 3.18. The van der Waals surface area contributed by atoms with Crippen molar-refractivity contribution in [2.45, 2.75) is 27.2 Å². The van der Waals surface area contributed by atoms with E-state index in [0.717, 1.165) is 18.5 Å². The van der Waals surface area contributed by atoms with Crippen LogP contribution in [0.3, 0.4) is 0 Å². The maximum Gasteiger partial charge on any atom is 0.230 e. The Kier molecular flexibility index (Phi) is 4.73. The van der Waals surface area contributed by atoms with Crippen molar-refractivity contribution in [2.24, 2.45) is 0 Å². The lowest BCUT2D eigenvalue weighted by molar-refractivity contribution is 0.919. The minimum absolute atomic E-state index is 0.630. The normalized spacial score (nSPS) is 10.5. The molecule has 5 heteroatoms. The van der Waals surface area contributed by atoms with E-state index in [1.165, 1.54) is 11.1 Å². The standard InChI is InChI=1S/C16H23N5/c1-6-9-17-15-18-14(19-16(20-15)21(4)5)13-8-7-11(2)10-12(13)3/h7-8,10H,6,9H2,1-5H3,(H,17,18,19,20). The van der Waals surface area contributed by atoms with Crippen LogP contribution in [0.5, 0.6) is 0 Å². The van der Waals surface area contributed by atoms with Crippen LogP contribution in [0.1, 0.15) is 24.5 Å². The minimum Gasteiger partial charge on any atom is -0.354 e. The number of aryl methyl sites for hydroxylation is 2. The molecule has 0 aliphatic heterocycles. The van der Waals surface area contributed by atoms with Crippen molar-refractivity contribution >= 4 is 11.9 Å². The number of rotatable bonds is 5. The second kappa shape index (κ2) is 6.52. The summed E-state index contributed by atoms with van der Waals surface area (Å²) in [6, 6.07) is 6.30. The first-order chi connectivity index (χ1) is 10.0. The van der Waals surface area contributed by atoms with Gasteiger partial charge < -0.3 is 10.2 Å². The van der Waals surface area contributed by atoms with E-state index in [0.29, 0.717) is 17.7 Å². The Bertz CT molecular complexity index is 622. The average Bonchev–Trinajstić information content (AvgIpc) is 2.44. The van der Waals surface area contributed by atoms with Crippen LogP contribution in [0.25, 0.3) is 11.4 Å². The number of nitrogens with one attached hydrogen (secondary N) is 1. The summed E-state index contributed by atoms with van der Waals surface area (Å²) in [6.07, 6.45) is 1.03. The van der Waals surface area contributed by atoms with Crippen LogP contribution in [0, 0.1) is 13.8 Å². The Hall–Kier alpha value is -2.17. The van der Waals surface area contributed by atoms with Crippen LogP contribution in [0.15, 0.2) is 18.2 Å². The van der Waals surface area contributed by atoms with Gasteiger partial charge in [-0.25, -0.2) is 0 Å². The molecule has 2 rings (SSSR count). The van der Waals surface area contributed by atoms with E-state index < -0.39 is 0 Å². The Morgan fingerprint density at radius 2 is 1.86 bits per heavy atom. The molecule has 0 saturated carbocycles. The molecule has 5 nitrogen and oxygen atoms in total. The quantitative estimate of drug-likeness (QED) is 0.915. The monoisotopic (exact) mass is 285 g/mol. The van der Waals surface area contributed by atoms with Crippen molar-refractivity contribution in [3.63, 3.8) is 0 Å². The highest BCUT2D eigenvalue weighted by molar-refractivity contribution is 5.62. The molecule has 1 aromatic heterocycles. The summed E-state index contributed by atoms with van der Waals surface area (Å²) in [7, 11) is 3.87. The first-order valence-electron chi connectivity index (χ1n) is 7.26. The molecule has 0 spiro atoms. The first-order valence-corrected chi connectivity index (χ1v) is 7.26. The molecule has 0 fully saturated rings. The van der Waals surface area contributed by atoms with Crippen molar-refractivity contribution < 1.29 is 0 Å². The lowest BCUT2D eigenvalue weighted by Crippen LogP contribution is -2.16. The molecule has 1 aromatic carbocycles. The highest BCUT2D eigenvalue weighted by Gasteiger charge is 2.11. The van der Waals surface area contributed by atoms with E-state index in [9.17, 15) is 0 Å². The average molecular weight is 285 g/mol. The molecule has 0 saturated heterocycles. The van der Waals surface area contributed by atoms with Gasteiger partial charge in [0.05, 0.1) is 0 Å². The van der Waals surface area contributed by atoms with Crippen LogP contribution in [0.2, 0.25) is 0 Å². The molecule has 0 unspecified atom stereocenters. The Balaban J connectivity index is 2.48.